The minimum atomic E-state index is -1.21. The summed E-state index contributed by atoms with van der Waals surface area (Å²) in [6.45, 7) is -0.415. The summed E-state index contributed by atoms with van der Waals surface area (Å²) in [6, 6.07) is 0. The quantitative estimate of drug-likeness (QED) is 0.493. The fourth-order valence-electron chi connectivity index (χ4n) is 2.00. The molecule has 1 unspecified atom stereocenters. The van der Waals surface area contributed by atoms with Gasteiger partial charge in [0.05, 0.1) is 12.2 Å². The molecule has 4 atom stereocenters. The Kier molecular flexibility index (Phi) is 3.67. The molecule has 0 aromatic carbocycles. The average molecular weight is 257 g/mol. The lowest BCUT2D eigenvalue weighted by Gasteiger charge is -2.28. The van der Waals surface area contributed by atoms with Crippen molar-refractivity contribution in [1.82, 2.24) is 4.90 Å². The third-order valence-corrected chi connectivity index (χ3v) is 3.01. The van der Waals surface area contributed by atoms with Gasteiger partial charge in [0.1, 0.15) is 18.3 Å². The van der Waals surface area contributed by atoms with Crippen LogP contribution in [0, 0.1) is 0 Å². The van der Waals surface area contributed by atoms with Crippen molar-refractivity contribution in [2.75, 3.05) is 6.61 Å². The largest absolute Gasteiger partial charge is 0.478 e. The highest BCUT2D eigenvalue weighted by Gasteiger charge is 2.44. The highest BCUT2D eigenvalue weighted by molar-refractivity contribution is 5.87. The van der Waals surface area contributed by atoms with E-state index in [1.807, 2.05) is 0 Å². The van der Waals surface area contributed by atoms with E-state index < -0.39 is 37.1 Å². The van der Waals surface area contributed by atoms with Gasteiger partial charge in [-0.25, -0.2) is 4.79 Å². The van der Waals surface area contributed by atoms with E-state index in [-0.39, 0.29) is 5.57 Å². The predicted octanol–water partition coefficient (Wildman–Crippen LogP) is -1.39. The fourth-order valence-corrected chi connectivity index (χ4v) is 2.00. The van der Waals surface area contributed by atoms with Gasteiger partial charge in [-0.3, -0.25) is 0 Å². The fraction of sp³-hybridized carbons (Fsp3) is 0.545. The van der Waals surface area contributed by atoms with Crippen LogP contribution in [0.3, 0.4) is 0 Å². The van der Waals surface area contributed by atoms with Crippen molar-refractivity contribution >= 4 is 5.97 Å². The molecule has 0 bridgehead atoms. The number of nitrogens with zero attached hydrogens (tertiary/aromatic N) is 1. The number of hydrogen-bond acceptors (Lipinski definition) is 6. The molecule has 0 spiro atoms. The van der Waals surface area contributed by atoms with Crippen LogP contribution in [0.25, 0.3) is 0 Å². The topological polar surface area (TPSA) is 110 Å². The summed E-state index contributed by atoms with van der Waals surface area (Å²) in [4.78, 5) is 12.2. The van der Waals surface area contributed by atoms with Crippen LogP contribution in [-0.2, 0) is 9.53 Å². The van der Waals surface area contributed by atoms with Gasteiger partial charge in [-0.2, -0.15) is 0 Å². The number of aliphatic hydroxyl groups is 3. The molecular formula is C11H15NO6. The van der Waals surface area contributed by atoms with E-state index in [4.69, 9.17) is 14.9 Å². The monoisotopic (exact) mass is 257 g/mol. The number of ether oxygens (including phenoxy) is 1. The maximum atomic E-state index is 10.9. The van der Waals surface area contributed by atoms with Gasteiger partial charge in [-0.15, -0.1) is 0 Å². The van der Waals surface area contributed by atoms with E-state index in [0.717, 1.165) is 0 Å². The van der Waals surface area contributed by atoms with Crippen molar-refractivity contribution in [3.05, 3.63) is 24.0 Å². The smallest absolute Gasteiger partial charge is 0.333 e. The van der Waals surface area contributed by atoms with Crippen molar-refractivity contribution in [3.8, 4) is 0 Å². The Balaban J connectivity index is 2.15. The molecule has 2 heterocycles. The van der Waals surface area contributed by atoms with Gasteiger partial charge in [0, 0.05) is 18.8 Å². The first-order valence-electron chi connectivity index (χ1n) is 5.55. The first-order valence-corrected chi connectivity index (χ1v) is 5.55. The Bertz CT molecular complexity index is 393. The van der Waals surface area contributed by atoms with Crippen molar-refractivity contribution in [3.63, 3.8) is 0 Å². The minimum absolute atomic E-state index is 0.162. The summed E-state index contributed by atoms with van der Waals surface area (Å²) in [6.07, 6.45) is 0.659. The van der Waals surface area contributed by atoms with Crippen LogP contribution in [-0.4, -0.2) is 62.4 Å². The van der Waals surface area contributed by atoms with Crippen LogP contribution >= 0.6 is 0 Å². The van der Waals surface area contributed by atoms with E-state index >= 15 is 0 Å². The Morgan fingerprint density at radius 1 is 1.44 bits per heavy atom. The molecule has 1 saturated heterocycles. The summed E-state index contributed by atoms with van der Waals surface area (Å²) >= 11 is 0. The molecule has 7 heteroatoms. The molecule has 2 aliphatic rings. The van der Waals surface area contributed by atoms with E-state index in [1.165, 1.54) is 11.1 Å². The van der Waals surface area contributed by atoms with Crippen molar-refractivity contribution < 1.29 is 30.0 Å². The van der Waals surface area contributed by atoms with E-state index in [9.17, 15) is 15.0 Å². The van der Waals surface area contributed by atoms with Crippen LogP contribution < -0.4 is 0 Å². The van der Waals surface area contributed by atoms with Crippen LogP contribution in [0.5, 0.6) is 0 Å². The third-order valence-electron chi connectivity index (χ3n) is 3.01. The lowest BCUT2D eigenvalue weighted by molar-refractivity contribution is -0.133. The minimum Gasteiger partial charge on any atom is -0.478 e. The van der Waals surface area contributed by atoms with E-state index in [0.29, 0.717) is 6.42 Å². The SMILES string of the molecule is O=C(O)C1=CN([C@@H]2O[C@H](CO)C(O)[C@@H]2O)C=CC1. The molecule has 0 amide bonds. The maximum Gasteiger partial charge on any atom is 0.333 e. The number of allylic oxidation sites excluding steroid dienone is 1. The Hall–Kier alpha value is -1.41. The van der Waals surface area contributed by atoms with Crippen molar-refractivity contribution in [1.29, 1.82) is 0 Å². The zero-order valence-electron chi connectivity index (χ0n) is 9.51. The zero-order chi connectivity index (χ0) is 13.3. The molecule has 2 aliphatic heterocycles. The molecule has 4 N–H and O–H groups in total. The van der Waals surface area contributed by atoms with Gasteiger partial charge in [-0.1, -0.05) is 6.08 Å². The second kappa shape index (κ2) is 5.07. The summed E-state index contributed by atoms with van der Waals surface area (Å²) in [7, 11) is 0. The van der Waals surface area contributed by atoms with Gasteiger partial charge in [0.25, 0.3) is 0 Å². The Morgan fingerprint density at radius 2 is 2.17 bits per heavy atom. The zero-order valence-corrected chi connectivity index (χ0v) is 9.51. The van der Waals surface area contributed by atoms with Gasteiger partial charge in [0.15, 0.2) is 6.23 Å². The summed E-state index contributed by atoms with van der Waals surface area (Å²) in [5.41, 5.74) is 0.162. The summed E-state index contributed by atoms with van der Waals surface area (Å²) in [5, 5.41) is 37.3. The standard InChI is InChI=1S/C11H15NO6/c13-5-7-8(14)9(15)10(18-7)12-3-1-2-6(4-12)11(16)17/h1,3-4,7-10,13-15H,2,5H2,(H,16,17)/t7-,8?,9+,10-/m1/s1. The van der Waals surface area contributed by atoms with E-state index in [2.05, 4.69) is 0 Å². The highest BCUT2D eigenvalue weighted by Crippen LogP contribution is 2.26. The first-order chi connectivity index (χ1) is 8.54. The highest BCUT2D eigenvalue weighted by atomic mass is 16.6. The molecule has 0 aliphatic carbocycles. The van der Waals surface area contributed by atoms with Gasteiger partial charge >= 0.3 is 5.97 Å². The molecule has 0 radical (unpaired) electrons. The molecule has 7 nitrogen and oxygen atoms in total. The number of carboxylic acid groups (broad SMARTS) is 1. The second-order valence-electron chi connectivity index (χ2n) is 4.22. The lowest BCUT2D eigenvalue weighted by atomic mass is 10.1. The number of carbonyl (C=O) groups is 1. The molecule has 0 aromatic rings. The normalized spacial score (nSPS) is 35.7. The molecule has 2 rings (SSSR count). The molecule has 0 saturated carbocycles. The molecule has 100 valence electrons. The van der Waals surface area contributed by atoms with Gasteiger partial charge in [0.2, 0.25) is 0 Å². The van der Waals surface area contributed by atoms with Crippen molar-refractivity contribution in [2.24, 2.45) is 0 Å². The molecule has 18 heavy (non-hydrogen) atoms. The molecule has 0 aromatic heterocycles. The summed E-state index contributed by atoms with van der Waals surface area (Å²) in [5.74, 6) is -1.05. The number of hydrogen-bond donors (Lipinski definition) is 4. The average Bonchev–Trinajstić information content (AvgIpc) is 2.66. The van der Waals surface area contributed by atoms with Gasteiger partial charge < -0.3 is 30.1 Å². The number of rotatable bonds is 3. The molecule has 1 fully saturated rings. The van der Waals surface area contributed by atoms with Crippen LogP contribution in [0.1, 0.15) is 6.42 Å². The predicted molar refractivity (Wildman–Crippen MR) is 59.1 cm³/mol. The van der Waals surface area contributed by atoms with Gasteiger partial charge in [-0.05, 0) is 0 Å². The number of aliphatic carboxylic acids is 1. The number of carboxylic acids is 1. The third kappa shape index (κ3) is 2.25. The number of aliphatic hydroxyl groups excluding tert-OH is 3. The van der Waals surface area contributed by atoms with Crippen LogP contribution in [0.15, 0.2) is 24.0 Å². The Morgan fingerprint density at radius 3 is 2.72 bits per heavy atom. The van der Waals surface area contributed by atoms with E-state index in [1.54, 1.807) is 12.3 Å². The lowest BCUT2D eigenvalue weighted by Crippen LogP contribution is -2.40. The summed E-state index contributed by atoms with van der Waals surface area (Å²) < 4.78 is 5.29. The second-order valence-corrected chi connectivity index (χ2v) is 4.22. The Labute approximate surface area is 103 Å². The first kappa shape index (κ1) is 13.0. The van der Waals surface area contributed by atoms with Crippen molar-refractivity contribution in [2.45, 2.75) is 31.0 Å². The van der Waals surface area contributed by atoms with Crippen LogP contribution in [0.4, 0.5) is 0 Å². The van der Waals surface area contributed by atoms with Crippen LogP contribution in [0.2, 0.25) is 0 Å². The molecular weight excluding hydrogens is 242 g/mol. The maximum absolute atomic E-state index is 10.9.